The van der Waals surface area contributed by atoms with Gasteiger partial charge in [-0.3, -0.25) is 0 Å². The first-order chi connectivity index (χ1) is 10.4. The molecule has 1 aliphatic heterocycles. The van der Waals surface area contributed by atoms with Crippen LogP contribution in [-0.4, -0.2) is 48.1 Å². The molecule has 0 atom stereocenters. The van der Waals surface area contributed by atoms with Crippen LogP contribution in [0.15, 0.2) is 24.3 Å². The monoisotopic (exact) mass is 322 g/mol. The van der Waals surface area contributed by atoms with E-state index in [0.29, 0.717) is 31.7 Å². The lowest BCUT2D eigenvalue weighted by Crippen LogP contribution is -2.41. The Labute approximate surface area is 129 Å². The van der Waals surface area contributed by atoms with Gasteiger partial charge in [-0.2, -0.15) is 9.97 Å². The van der Waals surface area contributed by atoms with Gasteiger partial charge in [0.15, 0.2) is 0 Å². The lowest BCUT2D eigenvalue weighted by Gasteiger charge is -2.29. The van der Waals surface area contributed by atoms with E-state index in [4.69, 9.17) is 10.5 Å². The number of aromatic nitrogens is 2. The van der Waals surface area contributed by atoms with Crippen molar-refractivity contribution in [2.24, 2.45) is 0 Å². The van der Waals surface area contributed by atoms with Gasteiger partial charge in [0.2, 0.25) is 10.0 Å². The number of fused-ring (bicyclic) bond motifs is 1. The second kappa shape index (κ2) is 5.69. The summed E-state index contributed by atoms with van der Waals surface area (Å²) < 4.78 is 30.2. The van der Waals surface area contributed by atoms with Gasteiger partial charge in [0, 0.05) is 18.5 Å². The minimum Gasteiger partial charge on any atom is -0.460 e. The van der Waals surface area contributed by atoms with Crippen molar-refractivity contribution in [2.45, 2.75) is 18.9 Å². The number of sulfonamides is 1. The van der Waals surface area contributed by atoms with Crippen LogP contribution in [0.4, 0.5) is 5.82 Å². The number of anilines is 1. The fraction of sp³-hybridized carbons (Fsp3) is 0.429. The predicted octanol–water partition coefficient (Wildman–Crippen LogP) is 1.01. The number of para-hydroxylation sites is 1. The molecule has 0 unspecified atom stereocenters. The summed E-state index contributed by atoms with van der Waals surface area (Å²) in [4.78, 5) is 8.53. The van der Waals surface area contributed by atoms with E-state index < -0.39 is 10.0 Å². The van der Waals surface area contributed by atoms with Crippen LogP contribution in [0.5, 0.6) is 6.01 Å². The predicted molar refractivity (Wildman–Crippen MR) is 84.0 cm³/mol. The molecule has 0 radical (unpaired) electrons. The van der Waals surface area contributed by atoms with Gasteiger partial charge >= 0.3 is 6.01 Å². The Morgan fingerprint density at radius 2 is 1.91 bits per heavy atom. The molecule has 0 saturated carbocycles. The van der Waals surface area contributed by atoms with Gasteiger partial charge in [0.1, 0.15) is 11.9 Å². The van der Waals surface area contributed by atoms with Crippen LogP contribution in [0.2, 0.25) is 0 Å². The largest absolute Gasteiger partial charge is 0.460 e. The van der Waals surface area contributed by atoms with E-state index in [-0.39, 0.29) is 12.1 Å². The molecule has 3 rings (SSSR count). The lowest BCUT2D eigenvalue weighted by molar-refractivity contribution is 0.125. The maximum Gasteiger partial charge on any atom is 0.319 e. The summed E-state index contributed by atoms with van der Waals surface area (Å²) in [5.74, 6) is 0.383. The number of rotatable bonds is 3. The molecule has 8 heteroatoms. The number of hydrogen-bond donors (Lipinski definition) is 1. The van der Waals surface area contributed by atoms with Crippen molar-refractivity contribution >= 4 is 26.7 Å². The van der Waals surface area contributed by atoms with E-state index in [1.165, 1.54) is 10.6 Å². The third kappa shape index (κ3) is 3.12. The molecule has 1 aliphatic rings. The summed E-state index contributed by atoms with van der Waals surface area (Å²) >= 11 is 0. The summed E-state index contributed by atoms with van der Waals surface area (Å²) in [5, 5.41) is 0.793. The van der Waals surface area contributed by atoms with Crippen molar-refractivity contribution < 1.29 is 13.2 Å². The molecular weight excluding hydrogens is 304 g/mol. The maximum absolute atomic E-state index is 11.5. The maximum atomic E-state index is 11.5. The minimum atomic E-state index is -3.13. The highest BCUT2D eigenvalue weighted by Crippen LogP contribution is 2.23. The molecule has 0 bridgehead atoms. The van der Waals surface area contributed by atoms with Gasteiger partial charge in [-0.1, -0.05) is 12.1 Å². The SMILES string of the molecule is CS(=O)(=O)N1CCC(Oc2nc(N)c3ccccc3n2)CC1. The first kappa shape index (κ1) is 15.0. The normalized spacial score (nSPS) is 17.7. The number of piperidine rings is 1. The smallest absolute Gasteiger partial charge is 0.319 e. The van der Waals surface area contributed by atoms with Gasteiger partial charge in [-0.05, 0) is 25.0 Å². The summed E-state index contributed by atoms with van der Waals surface area (Å²) in [6.07, 6.45) is 2.35. The lowest BCUT2D eigenvalue weighted by atomic mass is 10.1. The van der Waals surface area contributed by atoms with Crippen LogP contribution in [-0.2, 0) is 10.0 Å². The molecule has 2 aromatic rings. The van der Waals surface area contributed by atoms with Crippen molar-refractivity contribution in [1.82, 2.24) is 14.3 Å². The van der Waals surface area contributed by atoms with Gasteiger partial charge < -0.3 is 10.5 Å². The Morgan fingerprint density at radius 3 is 2.59 bits per heavy atom. The summed E-state index contributed by atoms with van der Waals surface area (Å²) in [7, 11) is -3.13. The van der Waals surface area contributed by atoms with Crippen LogP contribution in [0.3, 0.4) is 0 Å². The Kier molecular flexibility index (Phi) is 3.88. The fourth-order valence-electron chi connectivity index (χ4n) is 2.56. The zero-order chi connectivity index (χ0) is 15.7. The molecule has 0 aliphatic carbocycles. The molecular formula is C14H18N4O3S. The van der Waals surface area contributed by atoms with Crippen LogP contribution >= 0.6 is 0 Å². The number of ether oxygens (including phenoxy) is 1. The zero-order valence-corrected chi connectivity index (χ0v) is 13.1. The van der Waals surface area contributed by atoms with Crippen molar-refractivity contribution in [1.29, 1.82) is 0 Å². The quantitative estimate of drug-likeness (QED) is 0.905. The molecule has 22 heavy (non-hydrogen) atoms. The van der Waals surface area contributed by atoms with Gasteiger partial charge in [0.25, 0.3) is 0 Å². The van der Waals surface area contributed by atoms with Crippen LogP contribution in [0.1, 0.15) is 12.8 Å². The summed E-state index contributed by atoms with van der Waals surface area (Å²) in [6, 6.07) is 7.71. The Morgan fingerprint density at radius 1 is 1.23 bits per heavy atom. The highest BCUT2D eigenvalue weighted by Gasteiger charge is 2.26. The Hall–Kier alpha value is -1.93. The van der Waals surface area contributed by atoms with Crippen molar-refractivity contribution in [3.63, 3.8) is 0 Å². The average molecular weight is 322 g/mol. The van der Waals surface area contributed by atoms with Gasteiger partial charge in [-0.25, -0.2) is 12.7 Å². The first-order valence-corrected chi connectivity index (χ1v) is 8.92. The molecule has 0 spiro atoms. The minimum absolute atomic E-state index is 0.0986. The van der Waals surface area contributed by atoms with E-state index in [1.807, 2.05) is 24.3 Å². The highest BCUT2D eigenvalue weighted by atomic mass is 32.2. The van der Waals surface area contributed by atoms with Crippen LogP contribution < -0.4 is 10.5 Å². The molecule has 118 valence electrons. The molecule has 1 aromatic carbocycles. The number of nitrogens with zero attached hydrogens (tertiary/aromatic N) is 3. The van der Waals surface area contributed by atoms with E-state index in [0.717, 1.165) is 10.9 Å². The van der Waals surface area contributed by atoms with Gasteiger partial charge in [-0.15, -0.1) is 0 Å². The second-order valence-electron chi connectivity index (χ2n) is 5.39. The number of nitrogen functional groups attached to an aromatic ring is 1. The summed E-state index contributed by atoms with van der Waals surface area (Å²) in [5.41, 5.74) is 6.66. The molecule has 1 aromatic heterocycles. The number of benzene rings is 1. The standard InChI is InChI=1S/C14H18N4O3S/c1-22(19,20)18-8-6-10(7-9-18)21-14-16-12-5-3-2-4-11(12)13(15)17-14/h2-5,10H,6-9H2,1H3,(H2,15,16,17). The van der Waals surface area contributed by atoms with Crippen LogP contribution in [0, 0.1) is 0 Å². The van der Waals surface area contributed by atoms with Crippen molar-refractivity contribution in [3.8, 4) is 6.01 Å². The third-order valence-electron chi connectivity index (χ3n) is 3.75. The fourth-order valence-corrected chi connectivity index (χ4v) is 3.44. The van der Waals surface area contributed by atoms with Crippen molar-refractivity contribution in [2.75, 3.05) is 25.1 Å². The van der Waals surface area contributed by atoms with E-state index in [1.54, 1.807) is 0 Å². The second-order valence-corrected chi connectivity index (χ2v) is 7.37. The third-order valence-corrected chi connectivity index (χ3v) is 5.06. The first-order valence-electron chi connectivity index (χ1n) is 7.07. The zero-order valence-electron chi connectivity index (χ0n) is 12.3. The van der Waals surface area contributed by atoms with E-state index >= 15 is 0 Å². The topological polar surface area (TPSA) is 98.4 Å². The highest BCUT2D eigenvalue weighted by molar-refractivity contribution is 7.88. The Bertz CT molecular complexity index is 786. The average Bonchev–Trinajstić information content (AvgIpc) is 2.47. The Balaban J connectivity index is 1.72. The number of nitrogens with two attached hydrogens (primary N) is 1. The summed E-state index contributed by atoms with van der Waals surface area (Å²) in [6.45, 7) is 0.902. The van der Waals surface area contributed by atoms with E-state index in [2.05, 4.69) is 9.97 Å². The molecule has 2 heterocycles. The van der Waals surface area contributed by atoms with Crippen molar-refractivity contribution in [3.05, 3.63) is 24.3 Å². The molecule has 1 saturated heterocycles. The van der Waals surface area contributed by atoms with Crippen LogP contribution in [0.25, 0.3) is 10.9 Å². The molecule has 2 N–H and O–H groups in total. The van der Waals surface area contributed by atoms with Gasteiger partial charge in [0.05, 0.1) is 11.8 Å². The molecule has 0 amide bonds. The number of hydrogen-bond acceptors (Lipinski definition) is 6. The van der Waals surface area contributed by atoms with E-state index in [9.17, 15) is 8.42 Å². The molecule has 7 nitrogen and oxygen atoms in total. The molecule has 1 fully saturated rings.